The van der Waals surface area contributed by atoms with Crippen LogP contribution < -0.4 is 16.0 Å². The molecule has 0 radical (unpaired) electrons. The largest absolute Gasteiger partial charge is 0.368 e. The number of amides is 1. The third-order valence-electron chi connectivity index (χ3n) is 1.75. The maximum Gasteiger partial charge on any atom is 0.239 e. The van der Waals surface area contributed by atoms with Crippen LogP contribution in [0.4, 0.5) is 11.8 Å². The minimum atomic E-state index is -0.120. The Bertz CT molecular complexity index is 350. The van der Waals surface area contributed by atoms with E-state index in [2.05, 4.69) is 15.3 Å². The summed E-state index contributed by atoms with van der Waals surface area (Å²) in [5.74, 6) is 0.475. The molecule has 0 spiro atoms. The molecule has 0 aromatic carbocycles. The van der Waals surface area contributed by atoms with Crippen LogP contribution >= 0.6 is 11.6 Å². The second-order valence-electron chi connectivity index (χ2n) is 2.94. The zero-order valence-electron chi connectivity index (χ0n) is 8.49. The lowest BCUT2D eigenvalue weighted by Gasteiger charge is -2.16. The fourth-order valence-electron chi connectivity index (χ4n) is 0.994. The van der Waals surface area contributed by atoms with Gasteiger partial charge in [-0.3, -0.25) is 4.79 Å². The minimum Gasteiger partial charge on any atom is -0.368 e. The van der Waals surface area contributed by atoms with Gasteiger partial charge in [0, 0.05) is 20.2 Å². The van der Waals surface area contributed by atoms with Crippen molar-refractivity contribution >= 4 is 29.3 Å². The Morgan fingerprint density at radius 3 is 2.87 bits per heavy atom. The third kappa shape index (κ3) is 3.25. The number of nitrogens with one attached hydrogen (secondary N) is 1. The van der Waals surface area contributed by atoms with Crippen LogP contribution in [0.5, 0.6) is 0 Å². The van der Waals surface area contributed by atoms with Crippen LogP contribution in [-0.4, -0.2) is 36.5 Å². The summed E-state index contributed by atoms with van der Waals surface area (Å²) in [6.45, 7) is 0.184. The molecule has 0 bridgehead atoms. The molecule has 0 atom stereocenters. The number of hydrogen-bond acceptors (Lipinski definition) is 5. The average Bonchev–Trinajstić information content (AvgIpc) is 2.16. The summed E-state index contributed by atoms with van der Waals surface area (Å²) < 4.78 is 0. The predicted octanol–water partition coefficient (Wildman–Crippen LogP) is -0.106. The molecule has 0 aliphatic rings. The van der Waals surface area contributed by atoms with Gasteiger partial charge in [-0.15, -0.1) is 0 Å². The molecule has 1 amide bonds. The fourth-order valence-corrected chi connectivity index (χ4v) is 1.18. The van der Waals surface area contributed by atoms with Crippen LogP contribution in [0.1, 0.15) is 0 Å². The Morgan fingerprint density at radius 1 is 1.67 bits per heavy atom. The normalized spacial score (nSPS) is 9.80. The zero-order valence-corrected chi connectivity index (χ0v) is 9.25. The molecule has 3 N–H and O–H groups in total. The van der Waals surface area contributed by atoms with E-state index < -0.39 is 0 Å². The van der Waals surface area contributed by atoms with Crippen LogP contribution in [0, 0.1) is 0 Å². The first kappa shape index (κ1) is 11.5. The first-order valence-corrected chi connectivity index (χ1v) is 4.62. The van der Waals surface area contributed by atoms with Gasteiger partial charge in [-0.2, -0.15) is 4.98 Å². The van der Waals surface area contributed by atoms with Crippen molar-refractivity contribution in [3.05, 3.63) is 11.2 Å². The van der Waals surface area contributed by atoms with Crippen LogP contribution in [-0.2, 0) is 4.79 Å². The molecule has 1 heterocycles. The lowest BCUT2D eigenvalue weighted by molar-refractivity contribution is -0.119. The van der Waals surface area contributed by atoms with Gasteiger partial charge < -0.3 is 16.0 Å². The highest BCUT2D eigenvalue weighted by atomic mass is 35.5. The number of aromatic nitrogens is 2. The standard InChI is InChI=1S/C8H12ClN5O/c1-11-7(15)4-14(2)6-3-5(9)12-8(10)13-6/h3H,4H2,1-2H3,(H,11,15)(H2,10,12,13). The Balaban J connectivity index is 2.81. The van der Waals surface area contributed by atoms with Crippen molar-refractivity contribution in [2.45, 2.75) is 0 Å². The zero-order chi connectivity index (χ0) is 11.4. The topological polar surface area (TPSA) is 84.1 Å². The van der Waals surface area contributed by atoms with Crippen molar-refractivity contribution in [2.24, 2.45) is 0 Å². The van der Waals surface area contributed by atoms with Crippen LogP contribution in [0.3, 0.4) is 0 Å². The van der Waals surface area contributed by atoms with E-state index in [0.717, 1.165) is 0 Å². The van der Waals surface area contributed by atoms with Gasteiger partial charge in [-0.05, 0) is 0 Å². The van der Waals surface area contributed by atoms with E-state index in [1.807, 2.05) is 0 Å². The van der Waals surface area contributed by atoms with Crippen molar-refractivity contribution in [3.8, 4) is 0 Å². The molecule has 82 valence electrons. The van der Waals surface area contributed by atoms with Crippen molar-refractivity contribution in [3.63, 3.8) is 0 Å². The quantitative estimate of drug-likeness (QED) is 0.707. The Labute approximate surface area is 92.4 Å². The van der Waals surface area contributed by atoms with Gasteiger partial charge >= 0.3 is 0 Å². The Hall–Kier alpha value is -1.56. The monoisotopic (exact) mass is 229 g/mol. The second-order valence-corrected chi connectivity index (χ2v) is 3.32. The van der Waals surface area contributed by atoms with Crippen molar-refractivity contribution < 1.29 is 4.79 Å². The number of nitrogen functional groups attached to an aromatic ring is 1. The number of halogens is 1. The van der Waals surface area contributed by atoms with Gasteiger partial charge in [0.1, 0.15) is 11.0 Å². The fraction of sp³-hybridized carbons (Fsp3) is 0.375. The number of rotatable bonds is 3. The van der Waals surface area contributed by atoms with E-state index in [0.29, 0.717) is 5.82 Å². The van der Waals surface area contributed by atoms with Crippen LogP contribution in [0.25, 0.3) is 0 Å². The van der Waals surface area contributed by atoms with E-state index in [1.165, 1.54) is 0 Å². The van der Waals surface area contributed by atoms with Crippen LogP contribution in [0.15, 0.2) is 6.07 Å². The van der Waals surface area contributed by atoms with Crippen molar-refractivity contribution in [1.29, 1.82) is 0 Å². The molecule has 0 fully saturated rings. The highest BCUT2D eigenvalue weighted by molar-refractivity contribution is 6.29. The minimum absolute atomic E-state index is 0.0845. The number of carbonyl (C=O) groups is 1. The predicted molar refractivity (Wildman–Crippen MR) is 58.8 cm³/mol. The number of hydrogen-bond donors (Lipinski definition) is 2. The van der Waals surface area contributed by atoms with Gasteiger partial charge in [-0.1, -0.05) is 11.6 Å². The van der Waals surface area contributed by atoms with Gasteiger partial charge in [0.05, 0.1) is 6.54 Å². The van der Waals surface area contributed by atoms with Gasteiger partial charge in [0.2, 0.25) is 11.9 Å². The van der Waals surface area contributed by atoms with Gasteiger partial charge in [0.25, 0.3) is 0 Å². The molecule has 1 aromatic rings. The maximum atomic E-state index is 11.1. The summed E-state index contributed by atoms with van der Waals surface area (Å²) in [6.07, 6.45) is 0. The summed E-state index contributed by atoms with van der Waals surface area (Å²) in [5.41, 5.74) is 5.43. The smallest absolute Gasteiger partial charge is 0.239 e. The molecule has 1 rings (SSSR count). The molecular weight excluding hydrogens is 218 g/mol. The van der Waals surface area contributed by atoms with Gasteiger partial charge in [0.15, 0.2) is 0 Å². The summed E-state index contributed by atoms with van der Waals surface area (Å²) in [5, 5.41) is 2.76. The SMILES string of the molecule is CNC(=O)CN(C)c1cc(Cl)nc(N)n1. The van der Waals surface area contributed by atoms with Crippen LogP contribution in [0.2, 0.25) is 5.15 Å². The number of likely N-dealkylation sites (N-methyl/N-ethyl adjacent to an activating group) is 2. The van der Waals surface area contributed by atoms with E-state index in [9.17, 15) is 4.79 Å². The first-order chi connectivity index (χ1) is 7.02. The molecule has 0 saturated heterocycles. The van der Waals surface area contributed by atoms with E-state index in [4.69, 9.17) is 17.3 Å². The molecule has 0 aliphatic heterocycles. The average molecular weight is 230 g/mol. The highest BCUT2D eigenvalue weighted by Gasteiger charge is 2.08. The number of nitrogens with two attached hydrogens (primary N) is 1. The molecule has 0 aliphatic carbocycles. The molecule has 1 aromatic heterocycles. The van der Waals surface area contributed by atoms with E-state index in [-0.39, 0.29) is 23.6 Å². The summed E-state index contributed by atoms with van der Waals surface area (Å²) in [4.78, 5) is 20.4. The Morgan fingerprint density at radius 2 is 2.33 bits per heavy atom. The lowest BCUT2D eigenvalue weighted by atomic mass is 10.4. The molecule has 15 heavy (non-hydrogen) atoms. The molecule has 7 heteroatoms. The molecule has 6 nitrogen and oxygen atoms in total. The maximum absolute atomic E-state index is 11.1. The summed E-state index contributed by atoms with van der Waals surface area (Å²) in [6, 6.07) is 1.54. The number of nitrogens with zero attached hydrogens (tertiary/aromatic N) is 3. The summed E-state index contributed by atoms with van der Waals surface area (Å²) >= 11 is 5.71. The van der Waals surface area contributed by atoms with Gasteiger partial charge in [-0.25, -0.2) is 4.98 Å². The molecular formula is C8H12ClN5O. The Kier molecular flexibility index (Phi) is 3.68. The lowest BCUT2D eigenvalue weighted by Crippen LogP contribution is -2.33. The first-order valence-electron chi connectivity index (χ1n) is 4.24. The third-order valence-corrected chi connectivity index (χ3v) is 1.94. The van der Waals surface area contributed by atoms with E-state index >= 15 is 0 Å². The summed E-state index contributed by atoms with van der Waals surface area (Å²) in [7, 11) is 3.28. The molecule has 0 saturated carbocycles. The molecule has 0 unspecified atom stereocenters. The number of carbonyl (C=O) groups excluding carboxylic acids is 1. The van der Waals surface area contributed by atoms with Crippen molar-refractivity contribution in [1.82, 2.24) is 15.3 Å². The van der Waals surface area contributed by atoms with E-state index in [1.54, 1.807) is 25.1 Å². The highest BCUT2D eigenvalue weighted by Crippen LogP contribution is 2.15. The second kappa shape index (κ2) is 4.79. The van der Waals surface area contributed by atoms with Crippen molar-refractivity contribution in [2.75, 3.05) is 31.3 Å². The number of anilines is 2.